The van der Waals surface area contributed by atoms with Gasteiger partial charge in [0, 0.05) is 11.1 Å². The summed E-state index contributed by atoms with van der Waals surface area (Å²) in [5.41, 5.74) is 7.10. The average molecular weight is 405 g/mol. The van der Waals surface area contributed by atoms with Gasteiger partial charge in [0.1, 0.15) is 5.60 Å². The molecule has 4 rings (SSSR count). The number of nitrogens with two attached hydrogens (primary N) is 1. The molecule has 1 amide bonds. The van der Waals surface area contributed by atoms with Gasteiger partial charge in [-0.05, 0) is 114 Å². The van der Waals surface area contributed by atoms with E-state index in [9.17, 15) is 4.79 Å². The molecule has 4 bridgehead atoms. The van der Waals surface area contributed by atoms with Gasteiger partial charge in [0.2, 0.25) is 0 Å². The molecule has 166 valence electrons. The van der Waals surface area contributed by atoms with Gasteiger partial charge in [0.05, 0.1) is 0 Å². The highest BCUT2D eigenvalue weighted by molar-refractivity contribution is 5.69. The fourth-order valence-corrected chi connectivity index (χ4v) is 7.59. The number of fused-ring (bicyclic) bond motifs is 4. The summed E-state index contributed by atoms with van der Waals surface area (Å²) in [6, 6.07) is 0. The predicted molar refractivity (Wildman–Crippen MR) is 118 cm³/mol. The number of carbonyl (C=O) groups is 1. The van der Waals surface area contributed by atoms with Crippen molar-refractivity contribution in [3.8, 4) is 0 Å². The zero-order valence-electron chi connectivity index (χ0n) is 19.5. The third kappa shape index (κ3) is 3.83. The highest BCUT2D eigenvalue weighted by Gasteiger charge is 2.56. The molecular weight excluding hydrogens is 360 g/mol. The van der Waals surface area contributed by atoms with Crippen LogP contribution in [0.2, 0.25) is 0 Å². The van der Waals surface area contributed by atoms with Crippen LogP contribution in [-0.4, -0.2) is 22.8 Å². The van der Waals surface area contributed by atoms with Gasteiger partial charge in [-0.25, -0.2) is 4.79 Å². The molecule has 1 unspecified atom stereocenters. The molecule has 0 aliphatic heterocycles. The summed E-state index contributed by atoms with van der Waals surface area (Å²) in [5.74, 6) is 1.34. The van der Waals surface area contributed by atoms with Crippen LogP contribution in [0.3, 0.4) is 0 Å². The molecule has 4 saturated carbocycles. The molecule has 4 heteroatoms. The Morgan fingerprint density at radius 3 is 2.03 bits per heavy atom. The van der Waals surface area contributed by atoms with E-state index in [0.717, 1.165) is 32.1 Å². The molecular formula is C25H44N2O2. The monoisotopic (exact) mass is 404 g/mol. The summed E-state index contributed by atoms with van der Waals surface area (Å²) in [5, 5.41) is 3.31. The Labute approximate surface area is 178 Å². The van der Waals surface area contributed by atoms with E-state index in [1.807, 2.05) is 0 Å². The number of carbonyl (C=O) groups excluding carboxylic acids is 1. The van der Waals surface area contributed by atoms with Crippen LogP contribution >= 0.6 is 0 Å². The lowest BCUT2D eigenvalue weighted by molar-refractivity contribution is 0.0173. The maximum absolute atomic E-state index is 12.8. The fourth-order valence-electron chi connectivity index (χ4n) is 7.59. The Bertz CT molecular complexity index is 637. The van der Waals surface area contributed by atoms with E-state index in [1.165, 1.54) is 44.9 Å². The van der Waals surface area contributed by atoms with Crippen LogP contribution in [0.1, 0.15) is 112 Å². The SMILES string of the molecule is CC(C)C12CCC(NC(=O)OC(C)(C)CCC(C)C34CCC(N)(CC3)C4)(CC1)C2. The number of alkyl carbamates (subject to hydrolysis) is 1. The minimum absolute atomic E-state index is 0.0121. The highest BCUT2D eigenvalue weighted by Crippen LogP contribution is 2.61. The van der Waals surface area contributed by atoms with E-state index in [2.05, 4.69) is 39.9 Å². The lowest BCUT2D eigenvalue weighted by Crippen LogP contribution is -2.47. The van der Waals surface area contributed by atoms with E-state index < -0.39 is 5.60 Å². The second kappa shape index (κ2) is 6.87. The largest absolute Gasteiger partial charge is 0.444 e. The van der Waals surface area contributed by atoms with E-state index >= 15 is 0 Å². The molecule has 0 spiro atoms. The summed E-state index contributed by atoms with van der Waals surface area (Å²) in [6.45, 7) is 11.2. The van der Waals surface area contributed by atoms with E-state index in [1.54, 1.807) is 0 Å². The molecule has 0 radical (unpaired) electrons. The summed E-state index contributed by atoms with van der Waals surface area (Å²) < 4.78 is 5.97. The first-order valence-corrected chi connectivity index (χ1v) is 12.2. The number of rotatable bonds is 7. The van der Waals surface area contributed by atoms with Crippen molar-refractivity contribution >= 4 is 6.09 Å². The van der Waals surface area contributed by atoms with E-state index in [0.29, 0.717) is 22.7 Å². The van der Waals surface area contributed by atoms with Gasteiger partial charge in [-0.3, -0.25) is 0 Å². The number of hydrogen-bond donors (Lipinski definition) is 2. The van der Waals surface area contributed by atoms with Crippen molar-refractivity contribution in [1.82, 2.24) is 5.32 Å². The van der Waals surface area contributed by atoms with Crippen molar-refractivity contribution in [1.29, 1.82) is 0 Å². The number of amides is 1. The predicted octanol–water partition coefficient (Wildman–Crippen LogP) is 5.93. The summed E-state index contributed by atoms with van der Waals surface area (Å²) in [4.78, 5) is 12.8. The Hall–Kier alpha value is -0.770. The van der Waals surface area contributed by atoms with Crippen LogP contribution in [0.15, 0.2) is 0 Å². The van der Waals surface area contributed by atoms with Gasteiger partial charge in [-0.15, -0.1) is 0 Å². The first-order chi connectivity index (χ1) is 13.4. The summed E-state index contributed by atoms with van der Waals surface area (Å²) >= 11 is 0. The normalized spacial score (nSPS) is 41.9. The highest BCUT2D eigenvalue weighted by atomic mass is 16.6. The van der Waals surface area contributed by atoms with E-state index in [-0.39, 0.29) is 17.2 Å². The Kier molecular flexibility index (Phi) is 5.08. The summed E-state index contributed by atoms with van der Waals surface area (Å²) in [7, 11) is 0. The van der Waals surface area contributed by atoms with Crippen molar-refractivity contribution in [2.75, 3.05) is 0 Å². The molecule has 4 nitrogen and oxygen atoms in total. The molecule has 4 aliphatic carbocycles. The molecule has 29 heavy (non-hydrogen) atoms. The molecule has 0 aromatic carbocycles. The Morgan fingerprint density at radius 2 is 1.55 bits per heavy atom. The van der Waals surface area contributed by atoms with Crippen molar-refractivity contribution in [2.24, 2.45) is 28.4 Å². The standard InChI is InChI=1S/C25H44N2O2/c1-18(2)22-10-14-25(17-22,15-11-22)27-20(28)29-21(4,5)7-6-19(3)23-8-12-24(26,16-23)13-9-23/h18-19H,6-17,26H2,1-5H3,(H,27,28). The maximum Gasteiger partial charge on any atom is 0.408 e. The molecule has 0 aromatic heterocycles. The molecule has 0 aromatic rings. The topological polar surface area (TPSA) is 64.3 Å². The number of ether oxygens (including phenoxy) is 1. The first kappa shape index (κ1) is 21.5. The second-order valence-electron chi connectivity index (χ2n) is 12.6. The second-order valence-corrected chi connectivity index (χ2v) is 12.6. The van der Waals surface area contributed by atoms with Crippen molar-refractivity contribution in [3.63, 3.8) is 0 Å². The van der Waals surface area contributed by atoms with Crippen LogP contribution in [0, 0.1) is 22.7 Å². The molecule has 4 fully saturated rings. The van der Waals surface area contributed by atoms with Gasteiger partial charge in [-0.2, -0.15) is 0 Å². The minimum atomic E-state index is -0.422. The molecule has 0 saturated heterocycles. The lowest BCUT2D eigenvalue weighted by atomic mass is 9.71. The van der Waals surface area contributed by atoms with Crippen LogP contribution in [0.5, 0.6) is 0 Å². The smallest absolute Gasteiger partial charge is 0.408 e. The Balaban J connectivity index is 1.27. The van der Waals surface area contributed by atoms with Crippen LogP contribution in [0.4, 0.5) is 4.79 Å². The van der Waals surface area contributed by atoms with Crippen molar-refractivity contribution in [3.05, 3.63) is 0 Å². The fraction of sp³-hybridized carbons (Fsp3) is 0.960. The first-order valence-electron chi connectivity index (χ1n) is 12.2. The van der Waals surface area contributed by atoms with Crippen LogP contribution < -0.4 is 11.1 Å². The van der Waals surface area contributed by atoms with Gasteiger partial charge >= 0.3 is 6.09 Å². The van der Waals surface area contributed by atoms with Crippen LogP contribution in [-0.2, 0) is 4.74 Å². The number of nitrogens with one attached hydrogen (secondary N) is 1. The Morgan fingerprint density at radius 1 is 0.966 bits per heavy atom. The molecule has 4 aliphatic rings. The summed E-state index contributed by atoms with van der Waals surface area (Å²) in [6.07, 6.45) is 13.8. The zero-order valence-corrected chi connectivity index (χ0v) is 19.5. The maximum atomic E-state index is 12.8. The quantitative estimate of drug-likeness (QED) is 0.553. The van der Waals surface area contributed by atoms with Gasteiger partial charge in [0.15, 0.2) is 0 Å². The van der Waals surface area contributed by atoms with Gasteiger partial charge in [0.25, 0.3) is 0 Å². The third-order valence-corrected chi connectivity index (χ3v) is 10.0. The lowest BCUT2D eigenvalue weighted by Gasteiger charge is -2.36. The third-order valence-electron chi connectivity index (χ3n) is 10.0. The zero-order chi connectivity index (χ0) is 21.1. The molecule has 1 atom stereocenters. The van der Waals surface area contributed by atoms with Gasteiger partial charge in [-0.1, -0.05) is 20.8 Å². The molecule has 3 N–H and O–H groups in total. The average Bonchev–Trinajstić information content (AvgIpc) is 3.36. The van der Waals surface area contributed by atoms with Gasteiger partial charge < -0.3 is 15.8 Å². The van der Waals surface area contributed by atoms with Crippen molar-refractivity contribution in [2.45, 2.75) is 128 Å². The van der Waals surface area contributed by atoms with E-state index in [4.69, 9.17) is 10.5 Å². The van der Waals surface area contributed by atoms with Crippen molar-refractivity contribution < 1.29 is 9.53 Å². The number of hydrogen-bond acceptors (Lipinski definition) is 3. The molecule has 0 heterocycles. The minimum Gasteiger partial charge on any atom is -0.444 e. The van der Waals surface area contributed by atoms with Crippen LogP contribution in [0.25, 0.3) is 0 Å².